The Hall–Kier alpha value is -0.920. The zero-order valence-corrected chi connectivity index (χ0v) is 46.3. The predicted molar refractivity (Wildman–Crippen MR) is 266 cm³/mol. The lowest BCUT2D eigenvalue weighted by molar-refractivity contribution is -0.397. The Morgan fingerprint density at radius 1 is 0.532 bits per heavy atom. The topological polar surface area (TPSA) is 377 Å². The average Bonchev–Trinajstić information content (AvgIpc) is 4.03. The molecule has 23 nitrogen and oxygen atoms in total. The van der Waals surface area contributed by atoms with Crippen LogP contribution < -0.4 is 0 Å². The van der Waals surface area contributed by atoms with Crippen molar-refractivity contribution in [2.24, 2.45) is 45.3 Å². The van der Waals surface area contributed by atoms with Gasteiger partial charge in [0.1, 0.15) is 85.5 Å². The Labute approximate surface area is 451 Å². The Kier molecular flexibility index (Phi) is 18.2. The van der Waals surface area contributed by atoms with Gasteiger partial charge in [-0.1, -0.05) is 34.6 Å². The molecule has 15 N–H and O–H groups in total. The van der Waals surface area contributed by atoms with E-state index in [2.05, 4.69) is 34.6 Å². The third-order valence-electron chi connectivity index (χ3n) is 21.3. The van der Waals surface area contributed by atoms with Gasteiger partial charge >= 0.3 is 0 Å². The molecule has 8 aliphatic rings. The third kappa shape index (κ3) is 10.9. The van der Waals surface area contributed by atoms with Crippen LogP contribution in [0.3, 0.4) is 0 Å². The van der Waals surface area contributed by atoms with E-state index in [1.165, 1.54) is 27.7 Å². The number of hydrogen-bond donors (Lipinski definition) is 15. The molecule has 4 saturated heterocycles. The molecule has 23 heteroatoms. The molecule has 8 fully saturated rings. The fraction of sp³-hybridized carbons (Fsp3) is 1.00. The van der Waals surface area contributed by atoms with Gasteiger partial charge in [0.2, 0.25) is 0 Å². The summed E-state index contributed by atoms with van der Waals surface area (Å²) in [4.78, 5) is 0. The Bertz CT molecular complexity index is 1980. The summed E-state index contributed by atoms with van der Waals surface area (Å²) in [6.45, 7) is 17.5. The molecular weight excluding hydrogens is 1020 g/mol. The minimum absolute atomic E-state index is 0.0114. The Balaban J connectivity index is 1.01. The maximum absolute atomic E-state index is 12.6. The molecule has 4 aliphatic heterocycles. The first-order valence-corrected chi connectivity index (χ1v) is 28.1. The molecule has 0 bridgehead atoms. The van der Waals surface area contributed by atoms with Crippen molar-refractivity contribution in [2.45, 2.75) is 279 Å². The van der Waals surface area contributed by atoms with E-state index < -0.39 is 176 Å². The highest BCUT2D eigenvalue weighted by Gasteiger charge is 2.72. The van der Waals surface area contributed by atoms with Gasteiger partial charge in [0.15, 0.2) is 25.2 Å². The van der Waals surface area contributed by atoms with Crippen LogP contribution in [0.1, 0.15) is 127 Å². The molecule has 4 heterocycles. The fourth-order valence-electron chi connectivity index (χ4n) is 16.4. The van der Waals surface area contributed by atoms with Crippen LogP contribution in [0.25, 0.3) is 0 Å². The first-order chi connectivity index (χ1) is 35.7. The largest absolute Gasteiger partial charge is 0.394 e. The molecule has 0 aromatic rings. The third-order valence-corrected chi connectivity index (χ3v) is 21.3. The van der Waals surface area contributed by atoms with Crippen LogP contribution >= 0.6 is 0 Å². The van der Waals surface area contributed by atoms with Crippen molar-refractivity contribution >= 4 is 0 Å². The molecule has 0 radical (unpaired) electrons. The summed E-state index contributed by atoms with van der Waals surface area (Å²) in [7, 11) is 0. The first kappa shape index (κ1) is 62.1. The summed E-state index contributed by atoms with van der Waals surface area (Å²) in [6.07, 6.45) is -28.2. The van der Waals surface area contributed by atoms with Gasteiger partial charge < -0.3 is 114 Å². The van der Waals surface area contributed by atoms with Crippen molar-refractivity contribution in [3.63, 3.8) is 0 Å². The molecule has 0 aromatic heterocycles. The highest BCUT2D eigenvalue weighted by Crippen LogP contribution is 2.76. The summed E-state index contributed by atoms with van der Waals surface area (Å²) in [5.74, 6) is -0.594. The second-order valence-corrected chi connectivity index (χ2v) is 26.6. The zero-order chi connectivity index (χ0) is 57.0. The standard InChI is InChI=1S/C54H94O23/c1-22-33(58)37(62)40(65)45(70-22)76-43-36(61)27(21-56)73-48(44(43)77-46-41(66)38(63)34(59)23(2)71-46)74-30-13-15-51(7)28(49(30,3)4)12-17-52(8)29(51)19-25(57)32-24(11-16-53(32,52)9)54(10,69)18-14-31(50(5,6)68)75-47-42(67)39(64)35(60)26(20-55)72-47/h22-48,55-69H,11-21H2,1-10H3/t22-,23-,24-,25+,26+,27+,28-,29+,30-,31+,32-,33-,34-,35+,36+,37+,38+,39-,40+,41+,42+,43-,44+,45-,46-,47-,48-,51-,52+,53+,54-/m0/s1. The Morgan fingerprint density at radius 2 is 1.04 bits per heavy atom. The monoisotopic (exact) mass is 1110 g/mol. The van der Waals surface area contributed by atoms with Crippen molar-refractivity contribution in [3.05, 3.63) is 0 Å². The van der Waals surface area contributed by atoms with E-state index >= 15 is 0 Å². The highest BCUT2D eigenvalue weighted by molar-refractivity contribution is 5.20. The van der Waals surface area contributed by atoms with E-state index in [9.17, 15) is 76.6 Å². The molecule has 8 rings (SSSR count). The average molecular weight is 1110 g/mol. The van der Waals surface area contributed by atoms with Crippen LogP contribution in [0.15, 0.2) is 0 Å². The Morgan fingerprint density at radius 3 is 1.60 bits per heavy atom. The van der Waals surface area contributed by atoms with Gasteiger partial charge in [-0.15, -0.1) is 0 Å². The summed E-state index contributed by atoms with van der Waals surface area (Å²) in [6, 6.07) is 0. The van der Waals surface area contributed by atoms with Crippen LogP contribution in [-0.4, -0.2) is 242 Å². The summed E-state index contributed by atoms with van der Waals surface area (Å²) in [5, 5.41) is 165. The highest BCUT2D eigenvalue weighted by atomic mass is 16.8. The van der Waals surface area contributed by atoms with Crippen molar-refractivity contribution < 1.29 is 114 Å². The van der Waals surface area contributed by atoms with Crippen LogP contribution in [-0.2, 0) is 37.9 Å². The van der Waals surface area contributed by atoms with Crippen LogP contribution in [0.2, 0.25) is 0 Å². The molecule has 4 saturated carbocycles. The quantitative estimate of drug-likeness (QED) is 0.0790. The van der Waals surface area contributed by atoms with Gasteiger partial charge in [-0.2, -0.15) is 0 Å². The summed E-state index contributed by atoms with van der Waals surface area (Å²) >= 11 is 0. The smallest absolute Gasteiger partial charge is 0.187 e. The van der Waals surface area contributed by atoms with E-state index in [1.54, 1.807) is 6.92 Å². The van der Waals surface area contributed by atoms with E-state index in [4.69, 9.17) is 37.9 Å². The molecule has 0 aromatic carbocycles. The zero-order valence-electron chi connectivity index (χ0n) is 46.3. The number of fused-ring (bicyclic) bond motifs is 5. The lowest BCUT2D eigenvalue weighted by atomic mass is 9.35. The number of rotatable bonds is 15. The molecule has 31 atom stereocenters. The molecular formula is C54H94O23. The second-order valence-electron chi connectivity index (χ2n) is 26.6. The SMILES string of the molecule is C[C@@H]1O[C@@H](O[C@H]2[C@H](O[C@H]3CC[C@]4(C)[C@H]5C[C@@H](O)[C@@H]6[C@@H]([C@@](C)(O)CC[C@@H](O[C@@H]7O[C@H](CO)[C@@H](O)[C@H](O)[C@H]7O)C(C)(C)O)CC[C@@]6(C)[C@]5(C)CC[C@H]4C3(C)C)O[C@H](CO)[C@@H](O)[C@@H]2O[C@@H]2O[C@@H](C)[C@H](O)[C@@H](O)[C@H]2O)[C@H](O)[C@H](O)[C@H]1O. The molecule has 0 spiro atoms. The minimum Gasteiger partial charge on any atom is -0.394 e. The molecule has 4 aliphatic carbocycles. The van der Waals surface area contributed by atoms with Crippen LogP contribution in [0, 0.1) is 45.3 Å². The maximum atomic E-state index is 12.6. The van der Waals surface area contributed by atoms with Crippen LogP contribution in [0.4, 0.5) is 0 Å². The number of aliphatic hydroxyl groups excluding tert-OH is 13. The number of ether oxygens (including phenoxy) is 8. The van der Waals surface area contributed by atoms with Crippen molar-refractivity contribution in [1.29, 1.82) is 0 Å². The van der Waals surface area contributed by atoms with Crippen LogP contribution in [0.5, 0.6) is 0 Å². The number of hydrogen-bond acceptors (Lipinski definition) is 23. The predicted octanol–water partition coefficient (Wildman–Crippen LogP) is -1.98. The van der Waals surface area contributed by atoms with Crippen molar-refractivity contribution in [2.75, 3.05) is 13.2 Å². The van der Waals surface area contributed by atoms with E-state index in [0.29, 0.717) is 25.7 Å². The molecule has 448 valence electrons. The number of aliphatic hydroxyl groups is 15. The lowest BCUT2D eigenvalue weighted by Gasteiger charge is -2.70. The van der Waals surface area contributed by atoms with E-state index in [0.717, 1.165) is 19.3 Å². The van der Waals surface area contributed by atoms with Gasteiger partial charge in [0, 0.05) is 0 Å². The normalized spacial score (nSPS) is 53.4. The van der Waals surface area contributed by atoms with Gasteiger partial charge in [-0.25, -0.2) is 0 Å². The van der Waals surface area contributed by atoms with Gasteiger partial charge in [0.05, 0.1) is 54.9 Å². The lowest BCUT2D eigenvalue weighted by Crippen LogP contribution is -2.68. The molecule has 77 heavy (non-hydrogen) atoms. The van der Waals surface area contributed by atoms with Gasteiger partial charge in [-0.05, 0) is 138 Å². The summed E-state index contributed by atoms with van der Waals surface area (Å²) < 4.78 is 49.2. The van der Waals surface area contributed by atoms with E-state index in [-0.39, 0.29) is 47.3 Å². The van der Waals surface area contributed by atoms with Crippen molar-refractivity contribution in [3.8, 4) is 0 Å². The molecule has 0 amide bonds. The van der Waals surface area contributed by atoms with Gasteiger partial charge in [-0.3, -0.25) is 0 Å². The minimum atomic E-state index is -1.81. The molecule has 0 unspecified atom stereocenters. The van der Waals surface area contributed by atoms with Crippen molar-refractivity contribution in [1.82, 2.24) is 0 Å². The van der Waals surface area contributed by atoms with E-state index in [1.807, 2.05) is 0 Å². The van der Waals surface area contributed by atoms with Gasteiger partial charge in [0.25, 0.3) is 0 Å². The fourth-order valence-corrected chi connectivity index (χ4v) is 16.4. The maximum Gasteiger partial charge on any atom is 0.187 e. The first-order valence-electron chi connectivity index (χ1n) is 28.1. The summed E-state index contributed by atoms with van der Waals surface area (Å²) in [5.41, 5.74) is -4.52. The second kappa shape index (κ2) is 22.6.